The molecule has 0 unspecified atom stereocenters. The number of para-hydroxylation sites is 2. The number of nitrogens with one attached hydrogen (secondary N) is 1. The molecule has 1 aliphatic rings. The second kappa shape index (κ2) is 6.92. The summed E-state index contributed by atoms with van der Waals surface area (Å²) in [6, 6.07) is 7.17. The molecule has 1 aliphatic carbocycles. The van der Waals surface area contributed by atoms with Gasteiger partial charge < -0.3 is 10.1 Å². The van der Waals surface area contributed by atoms with E-state index in [0.717, 1.165) is 31.4 Å². The summed E-state index contributed by atoms with van der Waals surface area (Å²) < 4.78 is 7.14. The van der Waals surface area contributed by atoms with Crippen molar-refractivity contribution in [3.63, 3.8) is 0 Å². The average Bonchev–Trinajstić information content (AvgIpc) is 3.03. The first-order valence-corrected chi connectivity index (χ1v) is 9.56. The highest BCUT2D eigenvalue weighted by atomic mass is 32.1. The number of fused-ring (bicyclic) bond motifs is 3. The molecule has 0 bridgehead atoms. The van der Waals surface area contributed by atoms with Gasteiger partial charge in [0.15, 0.2) is 4.96 Å². The molecule has 2 aromatic heterocycles. The normalized spacial score (nSPS) is 13.4. The van der Waals surface area contributed by atoms with E-state index in [0.29, 0.717) is 23.0 Å². The van der Waals surface area contributed by atoms with E-state index < -0.39 is 5.91 Å². The molecule has 0 saturated carbocycles. The summed E-state index contributed by atoms with van der Waals surface area (Å²) in [5.41, 5.74) is 1.29. The average molecular weight is 369 g/mol. The van der Waals surface area contributed by atoms with Crippen LogP contribution in [0.5, 0.6) is 5.75 Å². The molecule has 0 aliphatic heterocycles. The number of amides is 1. The second-order valence-corrected chi connectivity index (χ2v) is 7.22. The molecule has 0 fully saturated rings. The number of aryl methyl sites for hydroxylation is 2. The van der Waals surface area contributed by atoms with Gasteiger partial charge in [0, 0.05) is 16.8 Å². The summed E-state index contributed by atoms with van der Waals surface area (Å²) in [7, 11) is 0. The van der Waals surface area contributed by atoms with Gasteiger partial charge >= 0.3 is 0 Å². The SMILES string of the molecule is CCOc1ccccc1NC(=O)c1cnc2sc3c(n2c1=O)CCCC3. The monoisotopic (exact) mass is 369 g/mol. The quantitative estimate of drug-likeness (QED) is 0.766. The summed E-state index contributed by atoms with van der Waals surface area (Å²) in [6.45, 7) is 2.37. The van der Waals surface area contributed by atoms with Gasteiger partial charge in [-0.3, -0.25) is 14.0 Å². The Morgan fingerprint density at radius 1 is 1.31 bits per heavy atom. The molecule has 134 valence electrons. The lowest BCUT2D eigenvalue weighted by Crippen LogP contribution is -2.27. The van der Waals surface area contributed by atoms with E-state index in [2.05, 4.69) is 10.3 Å². The van der Waals surface area contributed by atoms with Crippen LogP contribution in [0.1, 0.15) is 40.7 Å². The van der Waals surface area contributed by atoms with Crippen LogP contribution in [0.2, 0.25) is 0 Å². The van der Waals surface area contributed by atoms with E-state index in [4.69, 9.17) is 4.74 Å². The molecule has 6 nitrogen and oxygen atoms in total. The van der Waals surface area contributed by atoms with Crippen LogP contribution in [0.25, 0.3) is 4.96 Å². The highest BCUT2D eigenvalue weighted by molar-refractivity contribution is 7.17. The number of hydrogen-bond donors (Lipinski definition) is 1. The van der Waals surface area contributed by atoms with Crippen molar-refractivity contribution in [3.05, 3.63) is 57.0 Å². The van der Waals surface area contributed by atoms with Crippen LogP contribution in [-0.4, -0.2) is 21.9 Å². The zero-order valence-electron chi connectivity index (χ0n) is 14.4. The van der Waals surface area contributed by atoms with Gasteiger partial charge in [-0.1, -0.05) is 12.1 Å². The maximum absolute atomic E-state index is 12.9. The van der Waals surface area contributed by atoms with Crippen LogP contribution in [0.15, 0.2) is 35.3 Å². The Bertz CT molecular complexity index is 1040. The number of hydrogen-bond acceptors (Lipinski definition) is 5. The molecule has 2 heterocycles. The molecule has 0 atom stereocenters. The van der Waals surface area contributed by atoms with Crippen LogP contribution in [0.4, 0.5) is 5.69 Å². The van der Waals surface area contributed by atoms with Crippen LogP contribution < -0.4 is 15.6 Å². The molecule has 4 rings (SSSR count). The van der Waals surface area contributed by atoms with Crippen molar-refractivity contribution in [2.45, 2.75) is 32.6 Å². The zero-order chi connectivity index (χ0) is 18.1. The topological polar surface area (TPSA) is 72.7 Å². The predicted molar refractivity (Wildman–Crippen MR) is 102 cm³/mol. The van der Waals surface area contributed by atoms with Crippen molar-refractivity contribution in [2.75, 3.05) is 11.9 Å². The number of carbonyl (C=O) groups is 1. The third-order valence-corrected chi connectivity index (χ3v) is 5.64. The number of aromatic nitrogens is 2. The highest BCUT2D eigenvalue weighted by Crippen LogP contribution is 2.28. The maximum Gasteiger partial charge on any atom is 0.271 e. The molecular formula is C19H19N3O3S. The van der Waals surface area contributed by atoms with Crippen LogP contribution in [0, 0.1) is 0 Å². The largest absolute Gasteiger partial charge is 0.492 e. The van der Waals surface area contributed by atoms with Crippen LogP contribution in [-0.2, 0) is 12.8 Å². The fourth-order valence-electron chi connectivity index (χ4n) is 3.27. The van der Waals surface area contributed by atoms with Crippen molar-refractivity contribution < 1.29 is 9.53 Å². The number of ether oxygens (including phenoxy) is 1. The van der Waals surface area contributed by atoms with E-state index in [9.17, 15) is 9.59 Å². The van der Waals surface area contributed by atoms with Crippen LogP contribution >= 0.6 is 11.3 Å². The Balaban J connectivity index is 1.72. The van der Waals surface area contributed by atoms with Crippen molar-refractivity contribution in [1.82, 2.24) is 9.38 Å². The first kappa shape index (κ1) is 16.8. The van der Waals surface area contributed by atoms with E-state index >= 15 is 0 Å². The van der Waals surface area contributed by atoms with Crippen molar-refractivity contribution >= 4 is 27.9 Å². The van der Waals surface area contributed by atoms with Gasteiger partial charge in [-0.15, -0.1) is 11.3 Å². The van der Waals surface area contributed by atoms with E-state index in [1.165, 1.54) is 11.1 Å². The number of rotatable bonds is 4. The molecule has 3 aromatic rings. The molecular weight excluding hydrogens is 350 g/mol. The molecule has 1 N–H and O–H groups in total. The maximum atomic E-state index is 12.9. The van der Waals surface area contributed by atoms with Crippen molar-refractivity contribution in [3.8, 4) is 5.75 Å². The van der Waals surface area contributed by atoms with Crippen molar-refractivity contribution in [2.24, 2.45) is 0 Å². The number of thiazole rings is 1. The predicted octanol–water partition coefficient (Wildman–Crippen LogP) is 3.29. The van der Waals surface area contributed by atoms with Gasteiger partial charge in [0.1, 0.15) is 11.3 Å². The lowest BCUT2D eigenvalue weighted by molar-refractivity contribution is 0.102. The molecule has 0 spiro atoms. The Kier molecular flexibility index (Phi) is 4.46. The summed E-state index contributed by atoms with van der Waals surface area (Å²) in [6.07, 6.45) is 5.40. The first-order chi connectivity index (χ1) is 12.7. The molecule has 0 radical (unpaired) electrons. The summed E-state index contributed by atoms with van der Waals surface area (Å²) in [5.74, 6) is 0.102. The molecule has 26 heavy (non-hydrogen) atoms. The van der Waals surface area contributed by atoms with Gasteiger partial charge in [-0.25, -0.2) is 4.98 Å². The molecule has 7 heteroatoms. The minimum absolute atomic E-state index is 0.0416. The fourth-order valence-corrected chi connectivity index (χ4v) is 4.43. The van der Waals surface area contributed by atoms with E-state index in [1.807, 2.05) is 19.1 Å². The van der Waals surface area contributed by atoms with Gasteiger partial charge in [0.25, 0.3) is 11.5 Å². The molecule has 0 saturated heterocycles. The number of benzene rings is 1. The van der Waals surface area contributed by atoms with E-state index in [1.54, 1.807) is 27.9 Å². The number of anilines is 1. The highest BCUT2D eigenvalue weighted by Gasteiger charge is 2.21. The first-order valence-electron chi connectivity index (χ1n) is 8.74. The minimum Gasteiger partial charge on any atom is -0.492 e. The number of carbonyl (C=O) groups excluding carboxylic acids is 1. The van der Waals surface area contributed by atoms with E-state index in [-0.39, 0.29) is 11.1 Å². The Hall–Kier alpha value is -2.67. The Labute approximate surface area is 154 Å². The van der Waals surface area contributed by atoms with Gasteiger partial charge in [-0.05, 0) is 44.7 Å². The van der Waals surface area contributed by atoms with Gasteiger partial charge in [-0.2, -0.15) is 0 Å². The van der Waals surface area contributed by atoms with Gasteiger partial charge in [0.05, 0.1) is 12.3 Å². The third-order valence-electron chi connectivity index (χ3n) is 4.48. The standard InChI is InChI=1S/C19H19N3O3S/c1-2-25-15-9-5-3-7-13(15)21-17(23)12-11-20-19-22(18(12)24)14-8-4-6-10-16(14)26-19/h3,5,7,9,11H,2,4,6,8,10H2,1H3,(H,21,23). The Morgan fingerprint density at radius 3 is 2.96 bits per heavy atom. The summed E-state index contributed by atoms with van der Waals surface area (Å²) in [5, 5.41) is 2.78. The van der Waals surface area contributed by atoms with Crippen LogP contribution in [0.3, 0.4) is 0 Å². The fraction of sp³-hybridized carbons (Fsp3) is 0.316. The molecule has 1 aromatic carbocycles. The smallest absolute Gasteiger partial charge is 0.271 e. The third kappa shape index (κ3) is 2.88. The molecule has 1 amide bonds. The summed E-state index contributed by atoms with van der Waals surface area (Å²) >= 11 is 1.55. The minimum atomic E-state index is -0.472. The lowest BCUT2D eigenvalue weighted by atomic mass is 10.0. The lowest BCUT2D eigenvalue weighted by Gasteiger charge is -2.12. The summed E-state index contributed by atoms with van der Waals surface area (Å²) in [4.78, 5) is 31.9. The number of nitrogens with zero attached hydrogens (tertiary/aromatic N) is 2. The second-order valence-electron chi connectivity index (χ2n) is 6.16. The van der Waals surface area contributed by atoms with Gasteiger partial charge in [0.2, 0.25) is 0 Å². The zero-order valence-corrected chi connectivity index (χ0v) is 15.3. The van der Waals surface area contributed by atoms with Crippen molar-refractivity contribution in [1.29, 1.82) is 0 Å². The Morgan fingerprint density at radius 2 is 2.12 bits per heavy atom.